The highest BCUT2D eigenvalue weighted by molar-refractivity contribution is 5.91. The predicted molar refractivity (Wildman–Crippen MR) is 115 cm³/mol. The van der Waals surface area contributed by atoms with Crippen molar-refractivity contribution in [1.29, 1.82) is 0 Å². The molecular weight excluding hydrogens is 344 g/mol. The van der Waals surface area contributed by atoms with Crippen molar-refractivity contribution in [3.63, 3.8) is 0 Å². The SMILES string of the molecule is C[C@H](/C=C/C(C)(C)O)[C@H]1CC[C@H]2[C@@H]3CCC4=CC(=O)CC[C@]4(C)[C@H]3CC[C@]12C. The molecule has 28 heavy (non-hydrogen) atoms. The van der Waals surface area contributed by atoms with Gasteiger partial charge in [-0.15, -0.1) is 0 Å². The smallest absolute Gasteiger partial charge is 0.155 e. The van der Waals surface area contributed by atoms with Crippen LogP contribution in [0.3, 0.4) is 0 Å². The Balaban J connectivity index is 1.56. The molecule has 2 heteroatoms. The molecule has 0 aromatic rings. The molecule has 156 valence electrons. The quantitative estimate of drug-likeness (QED) is 0.597. The number of carbonyl (C=O) groups excluding carboxylic acids is 1. The molecule has 0 amide bonds. The van der Waals surface area contributed by atoms with E-state index in [1.807, 2.05) is 26.0 Å². The Morgan fingerprint density at radius 3 is 2.57 bits per heavy atom. The highest BCUT2D eigenvalue weighted by Crippen LogP contribution is 2.67. The minimum atomic E-state index is -0.718. The molecule has 3 saturated carbocycles. The first-order chi connectivity index (χ1) is 13.0. The molecule has 0 bridgehead atoms. The van der Waals surface area contributed by atoms with Crippen molar-refractivity contribution in [3.05, 3.63) is 23.8 Å². The van der Waals surface area contributed by atoms with Gasteiger partial charge in [0, 0.05) is 6.42 Å². The first kappa shape index (κ1) is 20.4. The number of fused-ring (bicyclic) bond motifs is 5. The average molecular weight is 385 g/mol. The van der Waals surface area contributed by atoms with Crippen LogP contribution < -0.4 is 0 Å². The Morgan fingerprint density at radius 1 is 1.11 bits per heavy atom. The van der Waals surface area contributed by atoms with Crippen LogP contribution in [0.2, 0.25) is 0 Å². The lowest BCUT2D eigenvalue weighted by molar-refractivity contribution is -0.117. The largest absolute Gasteiger partial charge is 0.386 e. The summed E-state index contributed by atoms with van der Waals surface area (Å²) in [6, 6.07) is 0. The van der Waals surface area contributed by atoms with Crippen molar-refractivity contribution >= 4 is 5.78 Å². The molecule has 4 aliphatic rings. The summed E-state index contributed by atoms with van der Waals surface area (Å²) in [6.07, 6.45) is 15.9. The summed E-state index contributed by atoms with van der Waals surface area (Å²) in [6.45, 7) is 11.2. The lowest BCUT2D eigenvalue weighted by Gasteiger charge is -2.58. The van der Waals surface area contributed by atoms with Crippen LogP contribution >= 0.6 is 0 Å². The van der Waals surface area contributed by atoms with Crippen LogP contribution in [0, 0.1) is 40.4 Å². The third-order valence-corrected chi connectivity index (χ3v) is 9.48. The van der Waals surface area contributed by atoms with Gasteiger partial charge in [-0.05, 0) is 105 Å². The number of hydrogen-bond acceptors (Lipinski definition) is 2. The third-order valence-electron chi connectivity index (χ3n) is 9.48. The van der Waals surface area contributed by atoms with E-state index in [0.29, 0.717) is 17.1 Å². The molecule has 1 N–H and O–H groups in total. The topological polar surface area (TPSA) is 37.3 Å². The van der Waals surface area contributed by atoms with E-state index in [2.05, 4.69) is 26.8 Å². The van der Waals surface area contributed by atoms with Crippen molar-refractivity contribution < 1.29 is 9.90 Å². The Hall–Kier alpha value is -0.890. The van der Waals surface area contributed by atoms with Crippen LogP contribution in [0.15, 0.2) is 23.8 Å². The van der Waals surface area contributed by atoms with Crippen LogP contribution in [0.1, 0.15) is 86.0 Å². The number of allylic oxidation sites excluding steroid dienone is 2. The number of ketones is 1. The molecule has 0 spiro atoms. The van der Waals surface area contributed by atoms with E-state index in [-0.39, 0.29) is 5.41 Å². The van der Waals surface area contributed by atoms with Gasteiger partial charge in [-0.2, -0.15) is 0 Å². The Bertz CT molecular complexity index is 696. The van der Waals surface area contributed by atoms with E-state index in [4.69, 9.17) is 0 Å². The van der Waals surface area contributed by atoms with Crippen molar-refractivity contribution in [2.75, 3.05) is 0 Å². The monoisotopic (exact) mass is 384 g/mol. The zero-order valence-electron chi connectivity index (χ0n) is 18.6. The fourth-order valence-electron chi connectivity index (χ4n) is 7.98. The first-order valence-corrected chi connectivity index (χ1v) is 11.7. The lowest BCUT2D eigenvalue weighted by atomic mass is 9.46. The maximum absolute atomic E-state index is 12.0. The van der Waals surface area contributed by atoms with E-state index in [9.17, 15) is 9.90 Å². The standard InChI is InChI=1S/C26H40O2/c1-17(10-13-24(2,3)28)21-8-9-22-20-7-6-18-16-19(27)11-14-25(18,4)23(20)12-15-26(21,22)5/h10,13,16-17,20-23,28H,6-9,11-12,14-15H2,1-5H3/b13-10+/t17-,20+,21-,22+,23+,25+,26-/m1/s1. The molecule has 0 unspecified atom stereocenters. The summed E-state index contributed by atoms with van der Waals surface area (Å²) in [5.74, 6) is 4.07. The van der Waals surface area contributed by atoms with Crippen molar-refractivity contribution in [3.8, 4) is 0 Å². The van der Waals surface area contributed by atoms with E-state index >= 15 is 0 Å². The van der Waals surface area contributed by atoms with Crippen molar-refractivity contribution in [2.45, 2.75) is 91.6 Å². The van der Waals surface area contributed by atoms with Gasteiger partial charge in [0.05, 0.1) is 5.60 Å². The third kappa shape index (κ3) is 3.24. The Labute approximate surface area is 171 Å². The summed E-state index contributed by atoms with van der Waals surface area (Å²) >= 11 is 0. The number of rotatable bonds is 3. The zero-order chi connectivity index (χ0) is 20.3. The molecule has 3 fully saturated rings. The van der Waals surface area contributed by atoms with Gasteiger partial charge in [0.1, 0.15) is 0 Å². The van der Waals surface area contributed by atoms with Gasteiger partial charge >= 0.3 is 0 Å². The maximum atomic E-state index is 12.0. The Morgan fingerprint density at radius 2 is 1.86 bits per heavy atom. The Kier molecular flexibility index (Phi) is 4.97. The van der Waals surface area contributed by atoms with Gasteiger partial charge in [-0.1, -0.05) is 38.5 Å². The van der Waals surface area contributed by atoms with Crippen LogP contribution in [0.25, 0.3) is 0 Å². The van der Waals surface area contributed by atoms with Crippen molar-refractivity contribution in [1.82, 2.24) is 0 Å². The highest BCUT2D eigenvalue weighted by atomic mass is 16.3. The molecule has 7 atom stereocenters. The average Bonchev–Trinajstić information content (AvgIpc) is 2.97. The molecule has 0 radical (unpaired) electrons. The van der Waals surface area contributed by atoms with Crippen molar-refractivity contribution in [2.24, 2.45) is 40.4 Å². The van der Waals surface area contributed by atoms with Crippen LogP contribution in [-0.4, -0.2) is 16.5 Å². The summed E-state index contributed by atoms with van der Waals surface area (Å²) in [5, 5.41) is 10.1. The zero-order valence-corrected chi connectivity index (χ0v) is 18.6. The van der Waals surface area contributed by atoms with Gasteiger partial charge in [0.15, 0.2) is 5.78 Å². The van der Waals surface area contributed by atoms with Crippen LogP contribution in [0.5, 0.6) is 0 Å². The number of aliphatic hydroxyl groups is 1. The second-order valence-corrected chi connectivity index (χ2v) is 11.6. The fourth-order valence-corrected chi connectivity index (χ4v) is 7.98. The molecule has 0 heterocycles. The molecular formula is C26H40O2. The molecule has 2 nitrogen and oxygen atoms in total. The molecule has 0 aromatic heterocycles. The second-order valence-electron chi connectivity index (χ2n) is 11.6. The first-order valence-electron chi connectivity index (χ1n) is 11.7. The molecule has 0 aromatic carbocycles. The van der Waals surface area contributed by atoms with Gasteiger partial charge in [-0.25, -0.2) is 0 Å². The molecule has 0 aliphatic heterocycles. The predicted octanol–water partition coefficient (Wildman–Crippen LogP) is 6.10. The van der Waals surface area contributed by atoms with Gasteiger partial charge in [-0.3, -0.25) is 4.79 Å². The van der Waals surface area contributed by atoms with E-state index in [1.165, 1.54) is 37.7 Å². The minimum absolute atomic E-state index is 0.280. The van der Waals surface area contributed by atoms with E-state index in [0.717, 1.165) is 42.9 Å². The lowest BCUT2D eigenvalue weighted by Crippen LogP contribution is -2.50. The number of hydrogen-bond donors (Lipinski definition) is 1. The molecule has 4 rings (SSSR count). The second kappa shape index (κ2) is 6.83. The maximum Gasteiger partial charge on any atom is 0.155 e. The number of carbonyl (C=O) groups is 1. The fraction of sp³-hybridized carbons (Fsp3) is 0.808. The van der Waals surface area contributed by atoms with Gasteiger partial charge in [0.25, 0.3) is 0 Å². The van der Waals surface area contributed by atoms with Gasteiger partial charge < -0.3 is 5.11 Å². The summed E-state index contributed by atoms with van der Waals surface area (Å²) in [7, 11) is 0. The highest BCUT2D eigenvalue weighted by Gasteiger charge is 2.59. The normalized spacial score (nSPS) is 44.6. The minimum Gasteiger partial charge on any atom is -0.386 e. The molecule has 0 saturated heterocycles. The summed E-state index contributed by atoms with van der Waals surface area (Å²) in [4.78, 5) is 12.0. The van der Waals surface area contributed by atoms with Crippen LogP contribution in [-0.2, 0) is 4.79 Å². The summed E-state index contributed by atoms with van der Waals surface area (Å²) < 4.78 is 0. The molecule has 4 aliphatic carbocycles. The summed E-state index contributed by atoms with van der Waals surface area (Å²) in [5.41, 5.74) is 1.48. The van der Waals surface area contributed by atoms with Gasteiger partial charge in [0.2, 0.25) is 0 Å². The van der Waals surface area contributed by atoms with E-state index < -0.39 is 5.60 Å². The van der Waals surface area contributed by atoms with Crippen LogP contribution in [0.4, 0.5) is 0 Å². The van der Waals surface area contributed by atoms with E-state index in [1.54, 1.807) is 0 Å².